The summed E-state index contributed by atoms with van der Waals surface area (Å²) in [5.41, 5.74) is 2.71. The van der Waals surface area contributed by atoms with Crippen LogP contribution in [0.2, 0.25) is 0 Å². The fourth-order valence-corrected chi connectivity index (χ4v) is 6.21. The molecule has 130 valence electrons. The van der Waals surface area contributed by atoms with Gasteiger partial charge >= 0.3 is 0 Å². The van der Waals surface area contributed by atoms with Gasteiger partial charge in [0.15, 0.2) is 0 Å². The average Bonchev–Trinajstić information content (AvgIpc) is 2.89. The minimum absolute atomic E-state index is 0.148. The lowest BCUT2D eigenvalue weighted by Crippen LogP contribution is -2.47. The molecule has 3 aliphatic carbocycles. The zero-order chi connectivity index (χ0) is 16.9. The predicted octanol–water partition coefficient (Wildman–Crippen LogP) is 3.73. The number of ketones is 1. The molecule has 0 aliphatic heterocycles. The number of carbonyl (C=O) groups excluding carboxylic acids is 1. The van der Waals surface area contributed by atoms with Crippen LogP contribution in [0.1, 0.15) is 56.1 Å². The second kappa shape index (κ2) is 5.87. The third-order valence-corrected chi connectivity index (χ3v) is 7.27. The Bertz CT molecular complexity index is 652. The van der Waals surface area contributed by atoms with E-state index >= 15 is 0 Å². The van der Waals surface area contributed by atoms with E-state index in [1.54, 1.807) is 7.11 Å². The van der Waals surface area contributed by atoms with Gasteiger partial charge in [-0.2, -0.15) is 0 Å². The van der Waals surface area contributed by atoms with Crippen molar-refractivity contribution >= 4 is 5.78 Å². The van der Waals surface area contributed by atoms with Crippen LogP contribution in [0.5, 0.6) is 5.75 Å². The number of hydrogen-bond donors (Lipinski definition) is 1. The van der Waals surface area contributed by atoms with Crippen LogP contribution < -0.4 is 4.74 Å². The van der Waals surface area contributed by atoms with Gasteiger partial charge in [0.05, 0.1) is 7.11 Å². The SMILES string of the molecule is COc1ccc2c(c1)CC[C@@H]1[C@@H]2C(CCO)C[C@]2(C)C(=O)CC[C@@H]12. The van der Waals surface area contributed by atoms with E-state index < -0.39 is 0 Å². The molecule has 1 aromatic rings. The van der Waals surface area contributed by atoms with Gasteiger partial charge in [-0.25, -0.2) is 0 Å². The van der Waals surface area contributed by atoms with Crippen molar-refractivity contribution < 1.29 is 14.6 Å². The number of Topliss-reactive ketones (excluding diaryl/α,β-unsaturated/α-hetero) is 1. The molecule has 2 saturated carbocycles. The highest BCUT2D eigenvalue weighted by molar-refractivity contribution is 5.87. The molecular formula is C21H28O3. The van der Waals surface area contributed by atoms with E-state index in [1.807, 2.05) is 0 Å². The molecule has 5 atom stereocenters. The Morgan fingerprint density at radius 1 is 1.29 bits per heavy atom. The first-order valence-electron chi connectivity index (χ1n) is 9.39. The zero-order valence-electron chi connectivity index (χ0n) is 14.8. The van der Waals surface area contributed by atoms with E-state index in [0.717, 1.165) is 37.9 Å². The van der Waals surface area contributed by atoms with E-state index in [2.05, 4.69) is 25.1 Å². The van der Waals surface area contributed by atoms with Crippen LogP contribution in [0, 0.1) is 23.2 Å². The maximum Gasteiger partial charge on any atom is 0.139 e. The lowest BCUT2D eigenvalue weighted by Gasteiger charge is -2.52. The molecule has 0 amide bonds. The fourth-order valence-electron chi connectivity index (χ4n) is 6.21. The number of rotatable bonds is 3. The first-order valence-corrected chi connectivity index (χ1v) is 9.39. The summed E-state index contributed by atoms with van der Waals surface area (Å²) in [6, 6.07) is 6.51. The number of aliphatic hydroxyl groups is 1. The zero-order valence-corrected chi connectivity index (χ0v) is 14.8. The first-order chi connectivity index (χ1) is 11.6. The Morgan fingerprint density at radius 2 is 2.12 bits per heavy atom. The van der Waals surface area contributed by atoms with Crippen molar-refractivity contribution in [3.8, 4) is 5.75 Å². The van der Waals surface area contributed by atoms with Crippen molar-refractivity contribution in [1.29, 1.82) is 0 Å². The van der Waals surface area contributed by atoms with Crippen LogP contribution in [0.25, 0.3) is 0 Å². The van der Waals surface area contributed by atoms with Crippen molar-refractivity contribution in [2.24, 2.45) is 23.2 Å². The van der Waals surface area contributed by atoms with Gasteiger partial charge in [-0.05, 0) is 79.0 Å². The summed E-state index contributed by atoms with van der Waals surface area (Å²) in [7, 11) is 1.72. The van der Waals surface area contributed by atoms with E-state index in [-0.39, 0.29) is 12.0 Å². The van der Waals surface area contributed by atoms with Crippen molar-refractivity contribution in [2.75, 3.05) is 13.7 Å². The van der Waals surface area contributed by atoms with Gasteiger partial charge in [0.25, 0.3) is 0 Å². The largest absolute Gasteiger partial charge is 0.497 e. The van der Waals surface area contributed by atoms with Gasteiger partial charge in [0.1, 0.15) is 11.5 Å². The normalized spacial score (nSPS) is 37.5. The van der Waals surface area contributed by atoms with Crippen molar-refractivity contribution in [2.45, 2.75) is 51.4 Å². The molecule has 3 heteroatoms. The summed E-state index contributed by atoms with van der Waals surface area (Å²) in [5.74, 6) is 3.43. The van der Waals surface area contributed by atoms with Gasteiger partial charge < -0.3 is 9.84 Å². The third-order valence-electron chi connectivity index (χ3n) is 7.27. The number of ether oxygens (including phenoxy) is 1. The smallest absolute Gasteiger partial charge is 0.139 e. The summed E-state index contributed by atoms with van der Waals surface area (Å²) < 4.78 is 5.41. The van der Waals surface area contributed by atoms with Crippen molar-refractivity contribution in [3.63, 3.8) is 0 Å². The number of hydrogen-bond acceptors (Lipinski definition) is 3. The van der Waals surface area contributed by atoms with Crippen LogP contribution in [0.15, 0.2) is 18.2 Å². The van der Waals surface area contributed by atoms with Gasteiger partial charge in [-0.15, -0.1) is 0 Å². The highest BCUT2D eigenvalue weighted by atomic mass is 16.5. The summed E-state index contributed by atoms with van der Waals surface area (Å²) in [6.45, 7) is 2.42. The van der Waals surface area contributed by atoms with Gasteiger partial charge in [-0.3, -0.25) is 4.79 Å². The second-order valence-corrected chi connectivity index (χ2v) is 8.26. The Hall–Kier alpha value is -1.35. The molecule has 1 unspecified atom stereocenters. The number of benzene rings is 1. The highest BCUT2D eigenvalue weighted by Crippen LogP contribution is 2.62. The van der Waals surface area contributed by atoms with Crippen LogP contribution in [0.3, 0.4) is 0 Å². The molecule has 0 saturated heterocycles. The van der Waals surface area contributed by atoms with Crippen LogP contribution in [0.4, 0.5) is 0 Å². The highest BCUT2D eigenvalue weighted by Gasteiger charge is 2.57. The maximum absolute atomic E-state index is 12.6. The quantitative estimate of drug-likeness (QED) is 0.919. The van der Waals surface area contributed by atoms with E-state index in [9.17, 15) is 9.90 Å². The maximum atomic E-state index is 12.6. The molecule has 0 heterocycles. The molecule has 4 rings (SSSR count). The average molecular weight is 328 g/mol. The minimum Gasteiger partial charge on any atom is -0.497 e. The Balaban J connectivity index is 1.76. The number of carbonyl (C=O) groups is 1. The minimum atomic E-state index is -0.148. The molecule has 0 radical (unpaired) electrons. The number of fused-ring (bicyclic) bond motifs is 5. The van der Waals surface area contributed by atoms with Crippen molar-refractivity contribution in [1.82, 2.24) is 0 Å². The Labute approximate surface area is 144 Å². The Kier molecular flexibility index (Phi) is 3.95. The van der Waals surface area contributed by atoms with E-state index in [1.165, 1.54) is 17.5 Å². The topological polar surface area (TPSA) is 46.5 Å². The van der Waals surface area contributed by atoms with E-state index in [4.69, 9.17) is 4.74 Å². The summed E-state index contributed by atoms with van der Waals surface area (Å²) in [4.78, 5) is 12.6. The Morgan fingerprint density at radius 3 is 2.88 bits per heavy atom. The predicted molar refractivity (Wildman–Crippen MR) is 93.2 cm³/mol. The van der Waals surface area contributed by atoms with Gasteiger partial charge in [-0.1, -0.05) is 13.0 Å². The van der Waals surface area contributed by atoms with E-state index in [0.29, 0.717) is 29.5 Å². The molecular weight excluding hydrogens is 300 g/mol. The number of aliphatic hydroxyl groups excluding tert-OH is 1. The number of aryl methyl sites for hydroxylation is 1. The fraction of sp³-hybridized carbons (Fsp3) is 0.667. The van der Waals surface area contributed by atoms with Crippen molar-refractivity contribution in [3.05, 3.63) is 29.3 Å². The van der Waals surface area contributed by atoms with Gasteiger partial charge in [0.2, 0.25) is 0 Å². The third kappa shape index (κ3) is 2.24. The summed E-state index contributed by atoms with van der Waals surface area (Å²) in [5, 5.41) is 9.62. The molecule has 0 bridgehead atoms. The standard InChI is InChI=1S/C21H28O3/c1-21-12-14(9-10-22)20-16-6-4-15(24-2)11-13(16)3-5-17(20)18(21)7-8-19(21)23/h4,6,11,14,17-18,20,22H,3,5,7-10,12H2,1-2H3/t14?,17-,18-,20+,21-/m0/s1. The number of methoxy groups -OCH3 is 1. The monoisotopic (exact) mass is 328 g/mol. The lowest BCUT2D eigenvalue weighted by molar-refractivity contribution is -0.131. The molecule has 0 aromatic heterocycles. The van der Waals surface area contributed by atoms with Crippen LogP contribution in [-0.2, 0) is 11.2 Å². The second-order valence-electron chi connectivity index (χ2n) is 8.26. The molecule has 1 aromatic carbocycles. The molecule has 1 N–H and O–H groups in total. The molecule has 24 heavy (non-hydrogen) atoms. The molecule has 3 nitrogen and oxygen atoms in total. The summed E-state index contributed by atoms with van der Waals surface area (Å²) >= 11 is 0. The first kappa shape index (κ1) is 16.1. The molecule has 2 fully saturated rings. The lowest BCUT2D eigenvalue weighted by atomic mass is 9.51. The molecule has 3 aliphatic rings. The van der Waals surface area contributed by atoms with Crippen LogP contribution >= 0.6 is 0 Å². The molecule has 0 spiro atoms. The summed E-state index contributed by atoms with van der Waals surface area (Å²) in [6.07, 6.45) is 5.83. The van der Waals surface area contributed by atoms with Gasteiger partial charge in [0, 0.05) is 18.4 Å². The van der Waals surface area contributed by atoms with Crippen LogP contribution in [-0.4, -0.2) is 24.6 Å².